The molecule has 0 fully saturated rings. The Kier molecular flexibility index (Phi) is 3.94. The van der Waals surface area contributed by atoms with Crippen LogP contribution in [0.25, 0.3) is 0 Å². The van der Waals surface area contributed by atoms with Crippen LogP contribution in [-0.2, 0) is 0 Å². The van der Waals surface area contributed by atoms with Crippen molar-refractivity contribution in [2.45, 2.75) is 0 Å². The Morgan fingerprint density at radius 1 is 1.04 bits per heavy atom. The van der Waals surface area contributed by atoms with Gasteiger partial charge < -0.3 is 4.90 Å². The van der Waals surface area contributed by atoms with Crippen LogP contribution in [0.3, 0.4) is 0 Å². The van der Waals surface area contributed by atoms with Gasteiger partial charge in [-0.05, 0) is 18.2 Å². The fourth-order valence-electron chi connectivity index (χ4n) is 2.62. The second kappa shape index (κ2) is 5.91. The molecule has 5 nitrogen and oxygen atoms in total. The number of carbonyl (C=O) groups is 2. The first-order valence-electron chi connectivity index (χ1n) is 7.08. The highest BCUT2D eigenvalue weighted by atomic mass is 32.1. The van der Waals surface area contributed by atoms with Gasteiger partial charge in [0, 0.05) is 25.3 Å². The lowest BCUT2D eigenvalue weighted by Crippen LogP contribution is -2.40. The second-order valence-electron chi connectivity index (χ2n) is 5.10. The summed E-state index contributed by atoms with van der Waals surface area (Å²) >= 11 is 5.56. The van der Waals surface area contributed by atoms with Crippen LogP contribution in [0.4, 0.5) is 5.69 Å². The summed E-state index contributed by atoms with van der Waals surface area (Å²) in [5, 5.41) is 0.999. The van der Waals surface area contributed by atoms with Gasteiger partial charge in [-0.3, -0.25) is 9.59 Å². The van der Waals surface area contributed by atoms with Crippen LogP contribution in [0, 0.1) is 0 Å². The zero-order valence-corrected chi connectivity index (χ0v) is 13.6. The van der Waals surface area contributed by atoms with E-state index in [4.69, 9.17) is 12.2 Å². The van der Waals surface area contributed by atoms with Crippen molar-refractivity contribution in [3.63, 3.8) is 0 Å². The molecule has 0 radical (unpaired) electrons. The first-order valence-corrected chi connectivity index (χ1v) is 7.49. The van der Waals surface area contributed by atoms with Crippen molar-refractivity contribution in [1.29, 1.82) is 0 Å². The summed E-state index contributed by atoms with van der Waals surface area (Å²) in [5.74, 6) is -0.744. The van der Waals surface area contributed by atoms with E-state index in [0.29, 0.717) is 21.7 Å². The molecule has 0 bridgehead atoms. The van der Waals surface area contributed by atoms with E-state index in [0.717, 1.165) is 10.7 Å². The number of thiocarbonyl (C=S) groups is 1. The lowest BCUT2D eigenvalue weighted by atomic mass is 10.0. The number of anilines is 1. The van der Waals surface area contributed by atoms with Crippen molar-refractivity contribution in [2.24, 2.45) is 0 Å². The van der Waals surface area contributed by atoms with Gasteiger partial charge in [-0.15, -0.1) is 0 Å². The van der Waals surface area contributed by atoms with E-state index in [1.54, 1.807) is 18.2 Å². The summed E-state index contributed by atoms with van der Waals surface area (Å²) in [6, 6.07) is 14.8. The number of benzene rings is 2. The van der Waals surface area contributed by atoms with E-state index >= 15 is 0 Å². The van der Waals surface area contributed by atoms with E-state index in [1.807, 2.05) is 42.3 Å². The highest BCUT2D eigenvalue weighted by molar-refractivity contribution is 7.81. The van der Waals surface area contributed by atoms with Crippen molar-refractivity contribution in [3.05, 3.63) is 65.2 Å². The van der Waals surface area contributed by atoms with Crippen LogP contribution in [0.15, 0.2) is 48.5 Å². The van der Waals surface area contributed by atoms with Gasteiger partial charge in [-0.2, -0.15) is 0 Å². The third-order valence-electron chi connectivity index (χ3n) is 3.82. The standard InChI is InChI=1S/C17H15N3O2S/c1-18-20-15(21)12-9-6-10-13(14(12)16(20)22)17(23)19(2)11-7-4-3-5-8-11/h3-10,18H,1-2H3. The van der Waals surface area contributed by atoms with E-state index in [9.17, 15) is 9.59 Å². The summed E-state index contributed by atoms with van der Waals surface area (Å²) in [6.07, 6.45) is 0. The minimum Gasteiger partial charge on any atom is -0.335 e. The molecule has 2 amide bonds. The number of hydrogen-bond donors (Lipinski definition) is 1. The van der Waals surface area contributed by atoms with Crippen LogP contribution in [0.2, 0.25) is 0 Å². The molecular weight excluding hydrogens is 310 g/mol. The highest BCUT2D eigenvalue weighted by Gasteiger charge is 2.37. The van der Waals surface area contributed by atoms with Gasteiger partial charge in [-0.25, -0.2) is 10.4 Å². The van der Waals surface area contributed by atoms with Gasteiger partial charge in [0.05, 0.1) is 11.1 Å². The number of para-hydroxylation sites is 1. The smallest absolute Gasteiger partial charge is 0.276 e. The predicted octanol–water partition coefficient (Wildman–Crippen LogP) is 2.23. The highest BCUT2D eigenvalue weighted by Crippen LogP contribution is 2.27. The normalized spacial score (nSPS) is 13.2. The topological polar surface area (TPSA) is 52.7 Å². The molecule has 0 saturated heterocycles. The van der Waals surface area contributed by atoms with Gasteiger partial charge in [0.15, 0.2) is 0 Å². The Hall–Kier alpha value is -2.57. The summed E-state index contributed by atoms with van der Waals surface area (Å²) < 4.78 is 0. The van der Waals surface area contributed by atoms with Crippen LogP contribution >= 0.6 is 12.2 Å². The fourth-order valence-corrected chi connectivity index (χ4v) is 2.89. The maximum atomic E-state index is 12.5. The van der Waals surface area contributed by atoms with E-state index in [2.05, 4.69) is 5.43 Å². The maximum absolute atomic E-state index is 12.5. The van der Waals surface area contributed by atoms with Gasteiger partial charge in [-0.1, -0.05) is 42.5 Å². The molecule has 6 heteroatoms. The molecule has 2 aromatic rings. The van der Waals surface area contributed by atoms with Crippen LogP contribution in [0.1, 0.15) is 26.3 Å². The molecule has 3 rings (SSSR count). The van der Waals surface area contributed by atoms with E-state index < -0.39 is 0 Å². The summed E-state index contributed by atoms with van der Waals surface area (Å²) in [6.45, 7) is 0. The Labute approximate surface area is 139 Å². The number of nitrogens with one attached hydrogen (secondary N) is 1. The third-order valence-corrected chi connectivity index (χ3v) is 4.31. The number of imide groups is 1. The second-order valence-corrected chi connectivity index (χ2v) is 5.48. The molecule has 0 saturated carbocycles. The van der Waals surface area contributed by atoms with Crippen molar-refractivity contribution < 1.29 is 9.59 Å². The average molecular weight is 325 g/mol. The molecule has 0 unspecified atom stereocenters. The largest absolute Gasteiger partial charge is 0.335 e. The van der Waals surface area contributed by atoms with Crippen molar-refractivity contribution in [3.8, 4) is 0 Å². The molecule has 116 valence electrons. The van der Waals surface area contributed by atoms with Gasteiger partial charge >= 0.3 is 0 Å². The van der Waals surface area contributed by atoms with Gasteiger partial charge in [0.1, 0.15) is 4.99 Å². The molecule has 0 aliphatic carbocycles. The maximum Gasteiger partial charge on any atom is 0.276 e. The number of nitrogens with zero attached hydrogens (tertiary/aromatic N) is 2. The zero-order chi connectivity index (χ0) is 16.6. The van der Waals surface area contributed by atoms with Crippen LogP contribution < -0.4 is 10.3 Å². The SMILES string of the molecule is CNN1C(=O)c2cccc(C(=S)N(C)c3ccccc3)c2C1=O. The molecule has 23 heavy (non-hydrogen) atoms. The lowest BCUT2D eigenvalue weighted by molar-refractivity contribution is 0.0586. The van der Waals surface area contributed by atoms with Crippen LogP contribution in [-0.4, -0.2) is 35.9 Å². The predicted molar refractivity (Wildman–Crippen MR) is 92.5 cm³/mol. The number of fused-ring (bicyclic) bond motifs is 1. The average Bonchev–Trinajstić information content (AvgIpc) is 2.85. The Morgan fingerprint density at radius 2 is 1.74 bits per heavy atom. The monoisotopic (exact) mass is 325 g/mol. The fraction of sp³-hybridized carbons (Fsp3) is 0.118. The first kappa shape index (κ1) is 15.3. The molecule has 1 heterocycles. The minimum atomic E-state index is -0.382. The van der Waals surface area contributed by atoms with E-state index in [1.165, 1.54) is 7.05 Å². The third kappa shape index (κ3) is 2.42. The molecule has 1 aliphatic heterocycles. The lowest BCUT2D eigenvalue weighted by Gasteiger charge is -2.21. The van der Waals surface area contributed by atoms with E-state index in [-0.39, 0.29) is 11.8 Å². The van der Waals surface area contributed by atoms with Crippen molar-refractivity contribution in [2.75, 3.05) is 19.0 Å². The number of carbonyl (C=O) groups excluding carboxylic acids is 2. The molecule has 0 atom stereocenters. The van der Waals surface area contributed by atoms with Crippen molar-refractivity contribution in [1.82, 2.24) is 10.4 Å². The summed E-state index contributed by atoms with van der Waals surface area (Å²) in [4.78, 5) is 27.0. The van der Waals surface area contributed by atoms with Crippen LogP contribution in [0.5, 0.6) is 0 Å². The van der Waals surface area contributed by atoms with Gasteiger partial charge in [0.25, 0.3) is 11.8 Å². The Bertz CT molecular complexity index is 805. The molecule has 2 aromatic carbocycles. The molecule has 0 spiro atoms. The quantitative estimate of drug-likeness (QED) is 0.693. The van der Waals surface area contributed by atoms with Gasteiger partial charge in [0.2, 0.25) is 0 Å². The molecule has 1 aliphatic rings. The molecule has 0 aromatic heterocycles. The number of hydrogen-bond acceptors (Lipinski definition) is 4. The number of amides is 2. The summed E-state index contributed by atoms with van der Waals surface area (Å²) in [5.41, 5.74) is 4.83. The first-order chi connectivity index (χ1) is 11.1. The summed E-state index contributed by atoms with van der Waals surface area (Å²) in [7, 11) is 3.38. The number of rotatable bonds is 3. The number of hydrazine groups is 1. The zero-order valence-electron chi connectivity index (χ0n) is 12.7. The molecule has 1 N–H and O–H groups in total. The molecular formula is C17H15N3O2S. The van der Waals surface area contributed by atoms with Crippen molar-refractivity contribution >= 4 is 34.7 Å². The Balaban J connectivity index is 2.05. The minimum absolute atomic E-state index is 0.347. The Morgan fingerprint density at radius 3 is 2.39 bits per heavy atom.